The number of nitrogens with zero attached hydrogens (tertiary/aromatic N) is 1. The first-order valence-corrected chi connectivity index (χ1v) is 6.80. The zero-order chi connectivity index (χ0) is 14.8. The van der Waals surface area contributed by atoms with Gasteiger partial charge in [0.15, 0.2) is 0 Å². The fourth-order valence-corrected chi connectivity index (χ4v) is 2.45. The SMILES string of the molecule is CN1C(=O)CCc2cc(Oc3ccc(C=O)cc3)ccc21. The Hall–Kier alpha value is -2.62. The second kappa shape index (κ2) is 5.40. The molecule has 0 saturated heterocycles. The highest BCUT2D eigenvalue weighted by atomic mass is 16.5. The van der Waals surface area contributed by atoms with Crippen LogP contribution in [0.4, 0.5) is 5.69 Å². The molecule has 0 fully saturated rings. The summed E-state index contributed by atoms with van der Waals surface area (Å²) in [6.45, 7) is 0. The summed E-state index contributed by atoms with van der Waals surface area (Å²) in [7, 11) is 1.79. The van der Waals surface area contributed by atoms with Crippen molar-refractivity contribution < 1.29 is 14.3 Å². The van der Waals surface area contributed by atoms with Crippen LogP contribution in [0.3, 0.4) is 0 Å². The fraction of sp³-hybridized carbons (Fsp3) is 0.176. The molecule has 106 valence electrons. The quantitative estimate of drug-likeness (QED) is 0.812. The zero-order valence-corrected chi connectivity index (χ0v) is 11.7. The third kappa shape index (κ3) is 2.65. The number of hydrogen-bond donors (Lipinski definition) is 0. The maximum absolute atomic E-state index is 11.7. The minimum atomic E-state index is 0.139. The first-order chi connectivity index (χ1) is 10.2. The average molecular weight is 281 g/mol. The minimum Gasteiger partial charge on any atom is -0.457 e. The van der Waals surface area contributed by atoms with E-state index in [2.05, 4.69) is 0 Å². The standard InChI is InChI=1S/C17H15NO3/c1-18-16-8-7-15(10-13(16)4-9-17(18)20)21-14-5-2-12(11-19)3-6-14/h2-3,5-8,10-11H,4,9H2,1H3. The third-order valence-corrected chi connectivity index (χ3v) is 3.65. The number of carbonyl (C=O) groups is 2. The Morgan fingerprint density at radius 3 is 2.48 bits per heavy atom. The first-order valence-electron chi connectivity index (χ1n) is 6.80. The van der Waals surface area contributed by atoms with Crippen LogP contribution in [-0.2, 0) is 11.2 Å². The molecule has 1 amide bonds. The number of carbonyl (C=O) groups excluding carboxylic acids is 2. The highest BCUT2D eigenvalue weighted by Crippen LogP contribution is 2.32. The fourth-order valence-electron chi connectivity index (χ4n) is 2.45. The molecule has 2 aromatic carbocycles. The lowest BCUT2D eigenvalue weighted by Crippen LogP contribution is -2.30. The Bertz CT molecular complexity index is 692. The monoisotopic (exact) mass is 281 g/mol. The maximum atomic E-state index is 11.7. The van der Waals surface area contributed by atoms with Crippen LogP contribution in [0.1, 0.15) is 22.3 Å². The van der Waals surface area contributed by atoms with Gasteiger partial charge in [-0.15, -0.1) is 0 Å². The summed E-state index contributed by atoms with van der Waals surface area (Å²) < 4.78 is 5.79. The molecule has 0 radical (unpaired) electrons. The number of rotatable bonds is 3. The van der Waals surface area contributed by atoms with Crippen LogP contribution >= 0.6 is 0 Å². The van der Waals surface area contributed by atoms with Gasteiger partial charge in [0.25, 0.3) is 0 Å². The third-order valence-electron chi connectivity index (χ3n) is 3.65. The predicted octanol–water partition coefficient (Wildman–Crippen LogP) is 3.20. The molecule has 21 heavy (non-hydrogen) atoms. The summed E-state index contributed by atoms with van der Waals surface area (Å²) >= 11 is 0. The summed E-state index contributed by atoms with van der Waals surface area (Å²) in [5.74, 6) is 1.55. The lowest BCUT2D eigenvalue weighted by molar-refractivity contribution is -0.118. The van der Waals surface area contributed by atoms with Crippen LogP contribution in [-0.4, -0.2) is 19.2 Å². The van der Waals surface area contributed by atoms with Crippen molar-refractivity contribution in [3.8, 4) is 11.5 Å². The molecule has 0 aliphatic carbocycles. The van der Waals surface area contributed by atoms with Crippen molar-refractivity contribution in [2.45, 2.75) is 12.8 Å². The molecule has 0 saturated carbocycles. The summed E-state index contributed by atoms with van der Waals surface area (Å²) in [6, 6.07) is 12.7. The van der Waals surface area contributed by atoms with E-state index in [1.165, 1.54) is 0 Å². The van der Waals surface area contributed by atoms with Crippen LogP contribution in [0.2, 0.25) is 0 Å². The number of aldehydes is 1. The maximum Gasteiger partial charge on any atom is 0.227 e. The molecule has 1 aliphatic rings. The number of aryl methyl sites for hydroxylation is 1. The van der Waals surface area contributed by atoms with Crippen molar-refractivity contribution in [2.75, 3.05) is 11.9 Å². The Labute approximate surface area is 123 Å². The topological polar surface area (TPSA) is 46.6 Å². The van der Waals surface area contributed by atoms with Gasteiger partial charge in [0.1, 0.15) is 17.8 Å². The van der Waals surface area contributed by atoms with E-state index in [1.807, 2.05) is 18.2 Å². The number of hydrogen-bond acceptors (Lipinski definition) is 3. The number of amides is 1. The lowest BCUT2D eigenvalue weighted by Gasteiger charge is -2.26. The summed E-state index contributed by atoms with van der Waals surface area (Å²) in [5.41, 5.74) is 2.67. The molecular formula is C17H15NO3. The Morgan fingerprint density at radius 1 is 1.05 bits per heavy atom. The molecule has 0 N–H and O–H groups in total. The second-order valence-corrected chi connectivity index (χ2v) is 5.03. The molecule has 0 aromatic heterocycles. The molecule has 1 aliphatic heterocycles. The van der Waals surface area contributed by atoms with Gasteiger partial charge in [0, 0.05) is 24.7 Å². The Kier molecular flexibility index (Phi) is 3.44. The first kappa shape index (κ1) is 13.4. The van der Waals surface area contributed by atoms with Gasteiger partial charge in [0.05, 0.1) is 0 Å². The molecule has 4 heteroatoms. The van der Waals surface area contributed by atoms with Crippen molar-refractivity contribution >= 4 is 17.9 Å². The van der Waals surface area contributed by atoms with Gasteiger partial charge >= 0.3 is 0 Å². The summed E-state index contributed by atoms with van der Waals surface area (Å²) in [6.07, 6.45) is 2.07. The van der Waals surface area contributed by atoms with Crippen LogP contribution in [0.25, 0.3) is 0 Å². The minimum absolute atomic E-state index is 0.139. The second-order valence-electron chi connectivity index (χ2n) is 5.03. The Morgan fingerprint density at radius 2 is 1.76 bits per heavy atom. The normalized spacial score (nSPS) is 13.8. The number of anilines is 1. The zero-order valence-electron chi connectivity index (χ0n) is 11.7. The van der Waals surface area contributed by atoms with Gasteiger partial charge in [-0.2, -0.15) is 0 Å². The van der Waals surface area contributed by atoms with Crippen LogP contribution in [0, 0.1) is 0 Å². The number of ether oxygens (including phenoxy) is 1. The smallest absolute Gasteiger partial charge is 0.227 e. The van der Waals surface area contributed by atoms with E-state index in [4.69, 9.17) is 4.74 Å². The van der Waals surface area contributed by atoms with E-state index in [0.29, 0.717) is 17.7 Å². The van der Waals surface area contributed by atoms with E-state index >= 15 is 0 Å². The summed E-state index contributed by atoms with van der Waals surface area (Å²) in [4.78, 5) is 24.0. The van der Waals surface area contributed by atoms with Crippen molar-refractivity contribution in [3.05, 3.63) is 53.6 Å². The van der Waals surface area contributed by atoms with Gasteiger partial charge in [-0.1, -0.05) is 0 Å². The van der Waals surface area contributed by atoms with Gasteiger partial charge in [-0.05, 0) is 54.4 Å². The molecule has 4 nitrogen and oxygen atoms in total. The summed E-state index contributed by atoms with van der Waals surface area (Å²) in [5, 5.41) is 0. The van der Waals surface area contributed by atoms with Gasteiger partial charge in [0.2, 0.25) is 5.91 Å². The van der Waals surface area contributed by atoms with Crippen molar-refractivity contribution in [2.24, 2.45) is 0 Å². The number of fused-ring (bicyclic) bond motifs is 1. The lowest BCUT2D eigenvalue weighted by atomic mass is 10.0. The van der Waals surface area contributed by atoms with E-state index in [-0.39, 0.29) is 5.91 Å². The molecular weight excluding hydrogens is 266 g/mol. The van der Waals surface area contributed by atoms with Crippen molar-refractivity contribution in [3.63, 3.8) is 0 Å². The predicted molar refractivity (Wildman–Crippen MR) is 80.1 cm³/mol. The van der Waals surface area contributed by atoms with Crippen LogP contribution in [0.15, 0.2) is 42.5 Å². The highest BCUT2D eigenvalue weighted by Gasteiger charge is 2.20. The van der Waals surface area contributed by atoms with E-state index in [0.717, 1.165) is 29.7 Å². The van der Waals surface area contributed by atoms with Crippen LogP contribution < -0.4 is 9.64 Å². The highest BCUT2D eigenvalue weighted by molar-refractivity contribution is 5.95. The largest absolute Gasteiger partial charge is 0.457 e. The van der Waals surface area contributed by atoms with Gasteiger partial charge < -0.3 is 9.64 Å². The molecule has 1 heterocycles. The molecule has 3 rings (SSSR count). The van der Waals surface area contributed by atoms with Crippen LogP contribution in [0.5, 0.6) is 11.5 Å². The number of benzene rings is 2. The molecule has 0 atom stereocenters. The van der Waals surface area contributed by atoms with E-state index in [9.17, 15) is 9.59 Å². The van der Waals surface area contributed by atoms with Crippen molar-refractivity contribution in [1.29, 1.82) is 0 Å². The molecule has 2 aromatic rings. The van der Waals surface area contributed by atoms with Gasteiger partial charge in [-0.25, -0.2) is 0 Å². The van der Waals surface area contributed by atoms with Crippen molar-refractivity contribution in [1.82, 2.24) is 0 Å². The van der Waals surface area contributed by atoms with Gasteiger partial charge in [-0.3, -0.25) is 9.59 Å². The molecule has 0 spiro atoms. The molecule has 0 bridgehead atoms. The van der Waals surface area contributed by atoms with E-state index in [1.54, 1.807) is 36.2 Å². The average Bonchev–Trinajstić information content (AvgIpc) is 2.52. The van der Waals surface area contributed by atoms with E-state index < -0.39 is 0 Å². The Balaban J connectivity index is 1.83. The molecule has 0 unspecified atom stereocenters.